The van der Waals surface area contributed by atoms with E-state index in [1.165, 1.54) is 0 Å². The standard InChI is InChI=1S/C16H18Cl2N2O/c1-4-19-16-13(18)9-12(17)15(20-16)11-7-5-6-8-14(11)21-10(2)3/h5-10H,4H2,1-3H3,(H,19,20). The van der Waals surface area contributed by atoms with E-state index < -0.39 is 0 Å². The molecule has 112 valence electrons. The number of benzene rings is 1. The lowest BCUT2D eigenvalue weighted by Gasteiger charge is -2.16. The van der Waals surface area contributed by atoms with Gasteiger partial charge in [-0.15, -0.1) is 0 Å². The van der Waals surface area contributed by atoms with E-state index in [1.807, 2.05) is 45.0 Å². The Morgan fingerprint density at radius 3 is 2.57 bits per heavy atom. The highest BCUT2D eigenvalue weighted by atomic mass is 35.5. The molecule has 0 fully saturated rings. The van der Waals surface area contributed by atoms with Crippen LogP contribution in [0.1, 0.15) is 20.8 Å². The molecule has 2 aromatic rings. The first-order chi connectivity index (χ1) is 10.0. The lowest BCUT2D eigenvalue weighted by Crippen LogP contribution is -2.07. The molecule has 21 heavy (non-hydrogen) atoms. The molecule has 1 heterocycles. The van der Waals surface area contributed by atoms with Crippen LogP contribution in [-0.4, -0.2) is 17.6 Å². The predicted octanol–water partition coefficient (Wildman–Crippen LogP) is 5.27. The Balaban J connectivity index is 2.53. The maximum absolute atomic E-state index is 6.31. The number of nitrogens with zero attached hydrogens (tertiary/aromatic N) is 1. The number of hydrogen-bond donors (Lipinski definition) is 1. The second kappa shape index (κ2) is 7.01. The van der Waals surface area contributed by atoms with Crippen LogP contribution in [0.3, 0.4) is 0 Å². The van der Waals surface area contributed by atoms with Gasteiger partial charge in [-0.05, 0) is 39.0 Å². The molecular weight excluding hydrogens is 307 g/mol. The number of anilines is 1. The van der Waals surface area contributed by atoms with Crippen LogP contribution in [-0.2, 0) is 0 Å². The van der Waals surface area contributed by atoms with Crippen LogP contribution in [0.4, 0.5) is 5.82 Å². The second-order valence-corrected chi connectivity index (χ2v) is 5.66. The molecule has 0 aliphatic carbocycles. The average Bonchev–Trinajstić information content (AvgIpc) is 2.42. The van der Waals surface area contributed by atoms with Crippen LogP contribution in [0.15, 0.2) is 30.3 Å². The molecule has 0 aliphatic rings. The van der Waals surface area contributed by atoms with Gasteiger partial charge in [-0.3, -0.25) is 0 Å². The van der Waals surface area contributed by atoms with Crippen LogP contribution in [0.25, 0.3) is 11.3 Å². The Bertz CT molecular complexity index is 630. The largest absolute Gasteiger partial charge is 0.490 e. The summed E-state index contributed by atoms with van der Waals surface area (Å²) in [6.07, 6.45) is 0.0745. The Labute approximate surface area is 135 Å². The fraction of sp³-hybridized carbons (Fsp3) is 0.312. The fourth-order valence-corrected chi connectivity index (χ4v) is 2.49. The molecule has 3 nitrogen and oxygen atoms in total. The summed E-state index contributed by atoms with van der Waals surface area (Å²) in [7, 11) is 0. The highest BCUT2D eigenvalue weighted by Crippen LogP contribution is 2.37. The monoisotopic (exact) mass is 324 g/mol. The van der Waals surface area contributed by atoms with E-state index in [1.54, 1.807) is 6.07 Å². The van der Waals surface area contributed by atoms with Crippen LogP contribution in [0.5, 0.6) is 5.75 Å². The van der Waals surface area contributed by atoms with Gasteiger partial charge in [0, 0.05) is 12.1 Å². The predicted molar refractivity (Wildman–Crippen MR) is 89.6 cm³/mol. The zero-order chi connectivity index (χ0) is 15.4. The summed E-state index contributed by atoms with van der Waals surface area (Å²) in [5.74, 6) is 1.38. The number of halogens is 2. The van der Waals surface area contributed by atoms with Crippen molar-refractivity contribution in [3.05, 3.63) is 40.4 Å². The summed E-state index contributed by atoms with van der Waals surface area (Å²) in [5.41, 5.74) is 1.51. The lowest BCUT2D eigenvalue weighted by atomic mass is 10.1. The number of aromatic nitrogens is 1. The lowest BCUT2D eigenvalue weighted by molar-refractivity contribution is 0.243. The highest BCUT2D eigenvalue weighted by molar-refractivity contribution is 6.37. The molecule has 2 rings (SSSR count). The Morgan fingerprint density at radius 2 is 1.90 bits per heavy atom. The Hall–Kier alpha value is -1.45. The van der Waals surface area contributed by atoms with Gasteiger partial charge >= 0.3 is 0 Å². The van der Waals surface area contributed by atoms with Gasteiger partial charge in [0.1, 0.15) is 11.6 Å². The summed E-state index contributed by atoms with van der Waals surface area (Å²) in [6, 6.07) is 9.42. The Kier molecular flexibility index (Phi) is 5.32. The van der Waals surface area contributed by atoms with Crippen molar-refractivity contribution in [1.29, 1.82) is 0 Å². The van der Waals surface area contributed by atoms with Crippen molar-refractivity contribution in [1.82, 2.24) is 4.98 Å². The van der Waals surface area contributed by atoms with Gasteiger partial charge in [0.15, 0.2) is 0 Å². The molecule has 0 unspecified atom stereocenters. The van der Waals surface area contributed by atoms with Crippen molar-refractivity contribution in [2.45, 2.75) is 26.9 Å². The van der Waals surface area contributed by atoms with Crippen LogP contribution in [0.2, 0.25) is 10.0 Å². The van der Waals surface area contributed by atoms with Crippen molar-refractivity contribution < 1.29 is 4.74 Å². The van der Waals surface area contributed by atoms with E-state index in [0.29, 0.717) is 21.6 Å². The van der Waals surface area contributed by atoms with Crippen molar-refractivity contribution in [2.24, 2.45) is 0 Å². The topological polar surface area (TPSA) is 34.2 Å². The van der Waals surface area contributed by atoms with E-state index in [2.05, 4.69) is 10.3 Å². The number of pyridine rings is 1. The van der Waals surface area contributed by atoms with Crippen molar-refractivity contribution in [3.8, 4) is 17.0 Å². The molecule has 0 atom stereocenters. The number of para-hydroxylation sites is 1. The molecule has 0 amide bonds. The molecule has 0 aliphatic heterocycles. The molecule has 0 spiro atoms. The van der Waals surface area contributed by atoms with E-state index in [9.17, 15) is 0 Å². The summed E-state index contributed by atoms with van der Waals surface area (Å²) in [4.78, 5) is 4.54. The normalized spacial score (nSPS) is 10.8. The summed E-state index contributed by atoms with van der Waals surface area (Å²) in [6.45, 7) is 6.69. The third-order valence-corrected chi connectivity index (χ3v) is 3.35. The molecule has 1 N–H and O–H groups in total. The van der Waals surface area contributed by atoms with Crippen LogP contribution >= 0.6 is 23.2 Å². The van der Waals surface area contributed by atoms with Crippen molar-refractivity contribution in [3.63, 3.8) is 0 Å². The number of hydrogen-bond acceptors (Lipinski definition) is 3. The molecule has 1 aromatic carbocycles. The number of nitrogens with one attached hydrogen (secondary N) is 1. The second-order valence-electron chi connectivity index (χ2n) is 4.84. The molecule has 0 radical (unpaired) electrons. The first-order valence-electron chi connectivity index (χ1n) is 6.89. The van der Waals surface area contributed by atoms with Crippen molar-refractivity contribution >= 4 is 29.0 Å². The molecular formula is C16H18Cl2N2O. The summed E-state index contributed by atoms with van der Waals surface area (Å²) in [5, 5.41) is 4.14. The molecule has 0 saturated carbocycles. The van der Waals surface area contributed by atoms with Gasteiger partial charge in [-0.2, -0.15) is 0 Å². The van der Waals surface area contributed by atoms with E-state index in [4.69, 9.17) is 27.9 Å². The third-order valence-electron chi connectivity index (χ3n) is 2.78. The van der Waals surface area contributed by atoms with Crippen molar-refractivity contribution in [2.75, 3.05) is 11.9 Å². The SMILES string of the molecule is CCNc1nc(-c2ccccc2OC(C)C)c(Cl)cc1Cl. The first-order valence-corrected chi connectivity index (χ1v) is 7.64. The van der Waals surface area contributed by atoms with E-state index in [-0.39, 0.29) is 6.10 Å². The van der Waals surface area contributed by atoms with Gasteiger partial charge in [0.25, 0.3) is 0 Å². The summed E-state index contributed by atoms with van der Waals surface area (Å²) < 4.78 is 5.83. The zero-order valence-electron chi connectivity index (χ0n) is 12.3. The minimum Gasteiger partial charge on any atom is -0.490 e. The minimum absolute atomic E-state index is 0.0745. The van der Waals surface area contributed by atoms with Gasteiger partial charge in [-0.25, -0.2) is 4.98 Å². The minimum atomic E-state index is 0.0745. The van der Waals surface area contributed by atoms with Gasteiger partial charge < -0.3 is 10.1 Å². The summed E-state index contributed by atoms with van der Waals surface area (Å²) >= 11 is 12.5. The van der Waals surface area contributed by atoms with E-state index in [0.717, 1.165) is 17.9 Å². The van der Waals surface area contributed by atoms with E-state index >= 15 is 0 Å². The average molecular weight is 325 g/mol. The third kappa shape index (κ3) is 3.80. The molecule has 0 bridgehead atoms. The number of rotatable bonds is 5. The molecule has 1 aromatic heterocycles. The smallest absolute Gasteiger partial charge is 0.145 e. The maximum Gasteiger partial charge on any atom is 0.145 e. The molecule has 0 saturated heterocycles. The first kappa shape index (κ1) is 15.9. The van der Waals surface area contributed by atoms with Gasteiger partial charge in [-0.1, -0.05) is 35.3 Å². The highest BCUT2D eigenvalue weighted by Gasteiger charge is 2.15. The van der Waals surface area contributed by atoms with Crippen LogP contribution in [0, 0.1) is 0 Å². The zero-order valence-corrected chi connectivity index (χ0v) is 13.8. The number of ether oxygens (including phenoxy) is 1. The fourth-order valence-electron chi connectivity index (χ4n) is 1.97. The van der Waals surface area contributed by atoms with Gasteiger partial charge in [0.05, 0.1) is 21.8 Å². The van der Waals surface area contributed by atoms with Gasteiger partial charge in [0.2, 0.25) is 0 Å². The Morgan fingerprint density at radius 1 is 1.19 bits per heavy atom. The van der Waals surface area contributed by atoms with Crippen LogP contribution < -0.4 is 10.1 Å². The maximum atomic E-state index is 6.31. The molecule has 5 heteroatoms. The quantitative estimate of drug-likeness (QED) is 0.812.